The van der Waals surface area contributed by atoms with Crippen LogP contribution in [0.4, 0.5) is 0 Å². The van der Waals surface area contributed by atoms with E-state index in [2.05, 4.69) is 5.32 Å². The number of aryl methyl sites for hydroxylation is 1. The number of rotatable bonds is 3. The molecule has 114 valence electrons. The lowest BCUT2D eigenvalue weighted by Crippen LogP contribution is -2.43. The zero-order valence-electron chi connectivity index (χ0n) is 11.6. The maximum atomic E-state index is 12.6. The number of nitrogens with one attached hydrogen (secondary N) is 1. The van der Waals surface area contributed by atoms with Crippen molar-refractivity contribution in [2.75, 3.05) is 20.1 Å². The van der Waals surface area contributed by atoms with Gasteiger partial charge in [0.05, 0.1) is 5.02 Å². The van der Waals surface area contributed by atoms with Gasteiger partial charge in [-0.05, 0) is 50.6 Å². The van der Waals surface area contributed by atoms with Gasteiger partial charge in [-0.15, -0.1) is 12.4 Å². The second-order valence-corrected chi connectivity index (χ2v) is 7.31. The van der Waals surface area contributed by atoms with Crippen LogP contribution >= 0.6 is 24.0 Å². The first-order valence-electron chi connectivity index (χ1n) is 6.38. The highest BCUT2D eigenvalue weighted by Gasteiger charge is 2.30. The second-order valence-electron chi connectivity index (χ2n) is 4.94. The van der Waals surface area contributed by atoms with Gasteiger partial charge in [0.2, 0.25) is 10.0 Å². The third-order valence-electron chi connectivity index (χ3n) is 3.57. The predicted octanol–water partition coefficient (Wildman–Crippen LogP) is 2.44. The summed E-state index contributed by atoms with van der Waals surface area (Å²) in [6.45, 7) is 3.59. The van der Waals surface area contributed by atoms with Gasteiger partial charge in [-0.25, -0.2) is 8.42 Å². The van der Waals surface area contributed by atoms with Crippen LogP contribution in [-0.4, -0.2) is 38.9 Å². The van der Waals surface area contributed by atoms with Crippen LogP contribution < -0.4 is 5.32 Å². The molecule has 1 aromatic carbocycles. The molecule has 0 aromatic heterocycles. The highest BCUT2D eigenvalue weighted by atomic mass is 35.5. The minimum absolute atomic E-state index is 0. The molecule has 0 saturated carbocycles. The first kappa shape index (κ1) is 17.7. The van der Waals surface area contributed by atoms with Crippen molar-refractivity contribution < 1.29 is 8.42 Å². The van der Waals surface area contributed by atoms with Gasteiger partial charge in [0.1, 0.15) is 4.90 Å². The minimum Gasteiger partial charge on any atom is -0.317 e. The largest absolute Gasteiger partial charge is 0.317 e. The number of sulfonamides is 1. The molecule has 0 unspecified atom stereocenters. The van der Waals surface area contributed by atoms with Crippen LogP contribution in [0, 0.1) is 6.92 Å². The van der Waals surface area contributed by atoms with Crippen LogP contribution in [0.25, 0.3) is 0 Å². The highest BCUT2D eigenvalue weighted by Crippen LogP contribution is 2.27. The Hall–Kier alpha value is -0.330. The Morgan fingerprint density at radius 1 is 1.30 bits per heavy atom. The van der Waals surface area contributed by atoms with E-state index >= 15 is 0 Å². The van der Waals surface area contributed by atoms with Crippen molar-refractivity contribution in [1.29, 1.82) is 0 Å². The lowest BCUT2D eigenvalue weighted by atomic mass is 10.1. The predicted molar refractivity (Wildman–Crippen MR) is 84.3 cm³/mol. The van der Waals surface area contributed by atoms with Gasteiger partial charge in [-0.1, -0.05) is 17.7 Å². The van der Waals surface area contributed by atoms with E-state index in [9.17, 15) is 8.42 Å². The summed E-state index contributed by atoms with van der Waals surface area (Å²) in [5.74, 6) is 0. The molecule has 0 spiro atoms. The molecule has 1 aliphatic rings. The van der Waals surface area contributed by atoms with E-state index in [1.54, 1.807) is 25.2 Å². The number of nitrogens with zero attached hydrogens (tertiary/aromatic N) is 1. The fourth-order valence-corrected chi connectivity index (χ4v) is 4.32. The topological polar surface area (TPSA) is 49.4 Å². The number of hydrogen-bond donors (Lipinski definition) is 1. The molecule has 1 aliphatic heterocycles. The molecular formula is C13H20Cl2N2O2S. The fraction of sp³-hybridized carbons (Fsp3) is 0.538. The van der Waals surface area contributed by atoms with E-state index < -0.39 is 10.0 Å². The minimum atomic E-state index is -3.51. The Labute approximate surface area is 132 Å². The van der Waals surface area contributed by atoms with Crippen molar-refractivity contribution in [3.63, 3.8) is 0 Å². The third kappa shape index (κ3) is 3.65. The zero-order valence-corrected chi connectivity index (χ0v) is 14.0. The SMILES string of the molecule is Cc1ccc(S(=O)(=O)N(C)C2CCNCC2)c(Cl)c1.Cl. The molecule has 0 atom stereocenters. The van der Waals surface area contributed by atoms with Gasteiger partial charge in [-0.2, -0.15) is 4.31 Å². The van der Waals surface area contributed by atoms with Gasteiger partial charge in [0.25, 0.3) is 0 Å². The normalized spacial score (nSPS) is 17.0. The molecule has 1 aromatic rings. The van der Waals surface area contributed by atoms with Crippen molar-refractivity contribution in [2.24, 2.45) is 0 Å². The molecule has 7 heteroatoms. The summed E-state index contributed by atoms with van der Waals surface area (Å²) in [4.78, 5) is 0.195. The summed E-state index contributed by atoms with van der Waals surface area (Å²) in [6, 6.07) is 5.09. The van der Waals surface area contributed by atoms with Crippen LogP contribution in [0.1, 0.15) is 18.4 Å². The maximum Gasteiger partial charge on any atom is 0.244 e. The van der Waals surface area contributed by atoms with Crippen molar-refractivity contribution in [2.45, 2.75) is 30.7 Å². The molecule has 20 heavy (non-hydrogen) atoms. The average molecular weight is 339 g/mol. The average Bonchev–Trinajstić information content (AvgIpc) is 2.38. The number of piperidine rings is 1. The van der Waals surface area contributed by atoms with Crippen LogP contribution in [-0.2, 0) is 10.0 Å². The van der Waals surface area contributed by atoms with Crippen molar-refractivity contribution in [1.82, 2.24) is 9.62 Å². The number of benzene rings is 1. The Bertz CT molecular complexity index is 557. The third-order valence-corrected chi connectivity index (χ3v) is 5.96. The quantitative estimate of drug-likeness (QED) is 0.920. The standard InChI is InChI=1S/C13H19ClN2O2S.ClH/c1-10-3-4-13(12(14)9-10)19(17,18)16(2)11-5-7-15-8-6-11;/h3-4,9,11,15H,5-8H2,1-2H3;1H. The van der Waals surface area contributed by atoms with E-state index in [4.69, 9.17) is 11.6 Å². The van der Waals surface area contributed by atoms with Crippen molar-refractivity contribution >= 4 is 34.0 Å². The molecule has 1 saturated heterocycles. The van der Waals surface area contributed by atoms with Gasteiger partial charge < -0.3 is 5.32 Å². The smallest absolute Gasteiger partial charge is 0.244 e. The monoisotopic (exact) mass is 338 g/mol. The van der Waals surface area contributed by atoms with Crippen LogP contribution in [0.15, 0.2) is 23.1 Å². The lowest BCUT2D eigenvalue weighted by Gasteiger charge is -2.31. The van der Waals surface area contributed by atoms with Gasteiger partial charge in [-0.3, -0.25) is 0 Å². The first-order chi connectivity index (χ1) is 8.93. The molecule has 1 N–H and O–H groups in total. The van der Waals surface area contributed by atoms with E-state index in [-0.39, 0.29) is 23.3 Å². The summed E-state index contributed by atoms with van der Waals surface area (Å²) in [5, 5.41) is 3.52. The zero-order chi connectivity index (χ0) is 14.0. The summed E-state index contributed by atoms with van der Waals surface area (Å²) in [6.07, 6.45) is 1.67. The molecule has 1 fully saturated rings. The van der Waals surface area contributed by atoms with E-state index in [1.807, 2.05) is 6.92 Å². The van der Waals surface area contributed by atoms with Gasteiger partial charge in [0.15, 0.2) is 0 Å². The van der Waals surface area contributed by atoms with Crippen molar-refractivity contribution in [3.05, 3.63) is 28.8 Å². The van der Waals surface area contributed by atoms with E-state index in [1.165, 1.54) is 4.31 Å². The van der Waals surface area contributed by atoms with Crippen LogP contribution in [0.5, 0.6) is 0 Å². The maximum absolute atomic E-state index is 12.6. The molecule has 2 rings (SSSR count). The van der Waals surface area contributed by atoms with Crippen LogP contribution in [0.2, 0.25) is 5.02 Å². The van der Waals surface area contributed by atoms with Crippen molar-refractivity contribution in [3.8, 4) is 0 Å². The second kappa shape index (κ2) is 7.09. The number of hydrogen-bond acceptors (Lipinski definition) is 3. The molecule has 4 nitrogen and oxygen atoms in total. The Balaban J connectivity index is 0.00000200. The molecule has 0 aliphatic carbocycles. The summed E-state index contributed by atoms with van der Waals surface area (Å²) >= 11 is 6.08. The molecule has 0 radical (unpaired) electrons. The van der Waals surface area contributed by atoms with Gasteiger partial charge >= 0.3 is 0 Å². The Morgan fingerprint density at radius 2 is 1.90 bits per heavy atom. The highest BCUT2D eigenvalue weighted by molar-refractivity contribution is 7.89. The lowest BCUT2D eigenvalue weighted by molar-refractivity contribution is 0.296. The summed E-state index contributed by atoms with van der Waals surface area (Å²) in [7, 11) is -1.87. The van der Waals surface area contributed by atoms with E-state index in [0.717, 1.165) is 31.5 Å². The fourth-order valence-electron chi connectivity index (χ4n) is 2.34. The van der Waals surface area contributed by atoms with E-state index in [0.29, 0.717) is 5.02 Å². The Kier molecular flexibility index (Phi) is 6.28. The number of halogens is 2. The summed E-state index contributed by atoms with van der Waals surface area (Å²) < 4.78 is 26.6. The molecule has 0 amide bonds. The molecule has 1 heterocycles. The molecular weight excluding hydrogens is 319 g/mol. The molecule has 0 bridgehead atoms. The van der Waals surface area contributed by atoms with Crippen LogP contribution in [0.3, 0.4) is 0 Å². The Morgan fingerprint density at radius 3 is 2.45 bits per heavy atom. The van der Waals surface area contributed by atoms with Gasteiger partial charge in [0, 0.05) is 13.1 Å². The first-order valence-corrected chi connectivity index (χ1v) is 8.19. The summed E-state index contributed by atoms with van der Waals surface area (Å²) in [5.41, 5.74) is 0.952.